The molecule has 1 aromatic rings. The van der Waals surface area contributed by atoms with Gasteiger partial charge in [0.2, 0.25) is 5.91 Å². The highest BCUT2D eigenvalue weighted by atomic mass is 35.5. The summed E-state index contributed by atoms with van der Waals surface area (Å²) < 4.78 is 11.0. The van der Waals surface area contributed by atoms with Crippen LogP contribution in [0.5, 0.6) is 5.75 Å². The Labute approximate surface area is 144 Å². The van der Waals surface area contributed by atoms with Gasteiger partial charge in [-0.3, -0.25) is 9.69 Å². The van der Waals surface area contributed by atoms with E-state index in [1.54, 1.807) is 7.11 Å². The molecule has 0 spiro atoms. The number of nitrogens with zero attached hydrogens (tertiary/aromatic N) is 1. The number of amides is 1. The number of nitrogens with one attached hydrogen (secondary N) is 1. The summed E-state index contributed by atoms with van der Waals surface area (Å²) in [6.45, 7) is 8.64. The Morgan fingerprint density at radius 2 is 2.00 bits per heavy atom. The van der Waals surface area contributed by atoms with Crippen LogP contribution in [0.25, 0.3) is 0 Å². The Bertz CT molecular complexity index is 515. The van der Waals surface area contributed by atoms with Crippen LogP contribution in [0.4, 0.5) is 5.69 Å². The Kier molecular flexibility index (Phi) is 7.82. The second-order valence-corrected chi connectivity index (χ2v) is 6.02. The molecule has 2 rings (SSSR count). The number of benzene rings is 1. The molecule has 1 amide bonds. The van der Waals surface area contributed by atoms with E-state index >= 15 is 0 Å². The van der Waals surface area contributed by atoms with Crippen molar-refractivity contribution in [2.45, 2.75) is 39.4 Å². The third kappa shape index (κ3) is 6.01. The van der Waals surface area contributed by atoms with Crippen molar-refractivity contribution in [3.05, 3.63) is 23.8 Å². The van der Waals surface area contributed by atoms with Crippen molar-refractivity contribution in [3.8, 4) is 5.75 Å². The van der Waals surface area contributed by atoms with E-state index in [1.807, 2.05) is 25.1 Å². The molecule has 1 aliphatic heterocycles. The molecule has 2 atom stereocenters. The van der Waals surface area contributed by atoms with Crippen LogP contribution < -0.4 is 10.1 Å². The van der Waals surface area contributed by atoms with E-state index in [4.69, 9.17) is 9.47 Å². The Hall–Kier alpha value is -1.30. The average Bonchev–Trinajstić information content (AvgIpc) is 2.44. The Balaban J connectivity index is 0.00000264. The Morgan fingerprint density at radius 3 is 2.61 bits per heavy atom. The highest BCUT2D eigenvalue weighted by Gasteiger charge is 2.22. The molecule has 0 aromatic heterocycles. The van der Waals surface area contributed by atoms with Gasteiger partial charge < -0.3 is 14.8 Å². The van der Waals surface area contributed by atoms with Gasteiger partial charge in [-0.05, 0) is 38.5 Å². The third-order valence-electron chi connectivity index (χ3n) is 3.78. The zero-order valence-electron chi connectivity index (χ0n) is 14.3. The van der Waals surface area contributed by atoms with Gasteiger partial charge in [-0.15, -0.1) is 12.4 Å². The van der Waals surface area contributed by atoms with Crippen molar-refractivity contribution in [1.82, 2.24) is 4.90 Å². The molecule has 1 aliphatic rings. The summed E-state index contributed by atoms with van der Waals surface area (Å²) in [4.78, 5) is 14.5. The van der Waals surface area contributed by atoms with Gasteiger partial charge in [-0.2, -0.15) is 0 Å². The van der Waals surface area contributed by atoms with Crippen LogP contribution in [-0.2, 0) is 9.53 Å². The first-order valence-electron chi connectivity index (χ1n) is 7.80. The summed E-state index contributed by atoms with van der Waals surface area (Å²) >= 11 is 0. The lowest BCUT2D eigenvalue weighted by atomic mass is 10.2. The summed E-state index contributed by atoms with van der Waals surface area (Å²) in [5.41, 5.74) is 1.82. The summed E-state index contributed by atoms with van der Waals surface area (Å²) in [5.74, 6) is 0.697. The van der Waals surface area contributed by atoms with Crippen LogP contribution in [0.1, 0.15) is 25.8 Å². The lowest BCUT2D eigenvalue weighted by Crippen LogP contribution is -2.46. The molecular formula is C17H27ClN2O3. The molecule has 0 aliphatic carbocycles. The summed E-state index contributed by atoms with van der Waals surface area (Å²) in [6.07, 6.45) is 0.920. The van der Waals surface area contributed by atoms with Gasteiger partial charge >= 0.3 is 0 Å². The van der Waals surface area contributed by atoms with Crippen molar-refractivity contribution in [2.24, 2.45) is 0 Å². The van der Waals surface area contributed by atoms with E-state index in [0.717, 1.165) is 30.9 Å². The van der Waals surface area contributed by atoms with E-state index in [9.17, 15) is 4.79 Å². The predicted molar refractivity (Wildman–Crippen MR) is 94.7 cm³/mol. The fourth-order valence-corrected chi connectivity index (χ4v) is 2.86. The van der Waals surface area contributed by atoms with Crippen LogP contribution in [0.3, 0.4) is 0 Å². The van der Waals surface area contributed by atoms with E-state index < -0.39 is 0 Å². The smallest absolute Gasteiger partial charge is 0.225 e. The number of aryl methyl sites for hydroxylation is 1. The molecule has 23 heavy (non-hydrogen) atoms. The zero-order valence-corrected chi connectivity index (χ0v) is 15.1. The van der Waals surface area contributed by atoms with Crippen molar-refractivity contribution < 1.29 is 14.3 Å². The second-order valence-electron chi connectivity index (χ2n) is 6.02. The number of morpholine rings is 1. The van der Waals surface area contributed by atoms with Crippen molar-refractivity contribution in [3.63, 3.8) is 0 Å². The van der Waals surface area contributed by atoms with Gasteiger partial charge in [0.05, 0.1) is 25.0 Å². The monoisotopic (exact) mass is 342 g/mol. The minimum Gasteiger partial charge on any atom is -0.495 e. The fraction of sp³-hybridized carbons (Fsp3) is 0.588. The first-order chi connectivity index (χ1) is 10.5. The van der Waals surface area contributed by atoms with Crippen LogP contribution in [-0.4, -0.2) is 49.8 Å². The molecule has 0 radical (unpaired) electrons. The number of hydrogen-bond acceptors (Lipinski definition) is 4. The quantitative estimate of drug-likeness (QED) is 0.894. The number of methoxy groups -OCH3 is 1. The van der Waals surface area contributed by atoms with Crippen LogP contribution in [0, 0.1) is 6.92 Å². The molecule has 2 unspecified atom stereocenters. The number of carbonyl (C=O) groups is 1. The van der Waals surface area contributed by atoms with Crippen LogP contribution in [0.2, 0.25) is 0 Å². The van der Waals surface area contributed by atoms with Crippen molar-refractivity contribution >= 4 is 24.0 Å². The molecule has 0 saturated carbocycles. The van der Waals surface area contributed by atoms with Crippen LogP contribution in [0.15, 0.2) is 18.2 Å². The zero-order chi connectivity index (χ0) is 16.1. The lowest BCUT2D eigenvalue weighted by molar-refractivity contribution is -0.117. The topological polar surface area (TPSA) is 50.8 Å². The summed E-state index contributed by atoms with van der Waals surface area (Å²) in [6, 6.07) is 5.76. The molecule has 1 N–H and O–H groups in total. The fourth-order valence-electron chi connectivity index (χ4n) is 2.86. The number of ether oxygens (including phenoxy) is 2. The molecular weight excluding hydrogens is 316 g/mol. The van der Waals surface area contributed by atoms with Crippen LogP contribution >= 0.6 is 12.4 Å². The first kappa shape index (κ1) is 19.7. The summed E-state index contributed by atoms with van der Waals surface area (Å²) in [5, 5.41) is 2.94. The van der Waals surface area contributed by atoms with E-state index in [1.165, 1.54) is 0 Å². The van der Waals surface area contributed by atoms with E-state index in [2.05, 4.69) is 24.1 Å². The molecule has 1 fully saturated rings. The number of carbonyl (C=O) groups excluding carboxylic acids is 1. The highest BCUT2D eigenvalue weighted by Crippen LogP contribution is 2.25. The maximum absolute atomic E-state index is 12.2. The lowest BCUT2D eigenvalue weighted by Gasteiger charge is -2.35. The Morgan fingerprint density at radius 1 is 1.35 bits per heavy atom. The number of anilines is 1. The SMILES string of the molecule is COc1ccc(C)cc1NC(=O)CCN1CC(C)OC(C)C1.Cl. The molecule has 0 bridgehead atoms. The molecule has 5 nitrogen and oxygen atoms in total. The third-order valence-corrected chi connectivity index (χ3v) is 3.78. The van der Waals surface area contributed by atoms with Gasteiger partial charge in [0.25, 0.3) is 0 Å². The highest BCUT2D eigenvalue weighted by molar-refractivity contribution is 5.92. The normalized spacial score (nSPS) is 21.4. The maximum Gasteiger partial charge on any atom is 0.225 e. The van der Waals surface area contributed by atoms with Crippen molar-refractivity contribution in [1.29, 1.82) is 0 Å². The largest absolute Gasteiger partial charge is 0.495 e. The van der Waals surface area contributed by atoms with Gasteiger partial charge in [-0.25, -0.2) is 0 Å². The first-order valence-corrected chi connectivity index (χ1v) is 7.80. The molecule has 6 heteroatoms. The number of halogens is 1. The van der Waals surface area contributed by atoms with Gasteiger partial charge in [0.1, 0.15) is 5.75 Å². The van der Waals surface area contributed by atoms with Gasteiger partial charge in [-0.1, -0.05) is 6.07 Å². The van der Waals surface area contributed by atoms with Gasteiger partial charge in [0.15, 0.2) is 0 Å². The molecule has 1 saturated heterocycles. The predicted octanol–water partition coefficient (Wildman–Crippen LogP) is 2.86. The molecule has 1 aromatic carbocycles. The van der Waals surface area contributed by atoms with E-state index in [0.29, 0.717) is 12.2 Å². The number of rotatable bonds is 5. The summed E-state index contributed by atoms with van der Waals surface area (Å²) in [7, 11) is 1.61. The average molecular weight is 343 g/mol. The van der Waals surface area contributed by atoms with E-state index in [-0.39, 0.29) is 30.5 Å². The standard InChI is InChI=1S/C17H26N2O3.ClH/c1-12-5-6-16(21-4)15(9-12)18-17(20)7-8-19-10-13(2)22-14(3)11-19;/h5-6,9,13-14H,7-8,10-11H2,1-4H3,(H,18,20);1H. The van der Waals surface area contributed by atoms with Crippen molar-refractivity contribution in [2.75, 3.05) is 32.1 Å². The maximum atomic E-state index is 12.2. The second kappa shape index (κ2) is 9.11. The minimum absolute atomic E-state index is 0. The minimum atomic E-state index is 0. The molecule has 1 heterocycles. The molecule has 130 valence electrons. The van der Waals surface area contributed by atoms with Gasteiger partial charge in [0, 0.05) is 26.1 Å². The number of hydrogen-bond donors (Lipinski definition) is 1.